The second-order valence-electron chi connectivity index (χ2n) is 2.24. The maximum atomic E-state index is 10.2. The number of nitrogens with two attached hydrogens (primary N) is 1. The molecule has 0 fully saturated rings. The van der Waals surface area contributed by atoms with E-state index in [2.05, 4.69) is 0 Å². The summed E-state index contributed by atoms with van der Waals surface area (Å²) >= 11 is 0. The van der Waals surface area contributed by atoms with Gasteiger partial charge in [0.15, 0.2) is 0 Å². The molecule has 2 nitrogen and oxygen atoms in total. The summed E-state index contributed by atoms with van der Waals surface area (Å²) in [5.74, 6) is 0.244. The third-order valence-electron chi connectivity index (χ3n) is 1.50. The van der Waals surface area contributed by atoms with Crippen LogP contribution in [0.5, 0.6) is 0 Å². The SMILES string of the molecule is CCC(C=O)CCCN. The lowest BCUT2D eigenvalue weighted by molar-refractivity contribution is -0.111. The number of hydrogen-bond donors (Lipinski definition) is 1. The van der Waals surface area contributed by atoms with Crippen molar-refractivity contribution in [3.8, 4) is 0 Å². The van der Waals surface area contributed by atoms with Crippen molar-refractivity contribution in [1.82, 2.24) is 0 Å². The van der Waals surface area contributed by atoms with E-state index in [1.165, 1.54) is 0 Å². The first-order chi connectivity index (χ1) is 4.35. The van der Waals surface area contributed by atoms with Crippen LogP contribution in [-0.2, 0) is 4.79 Å². The van der Waals surface area contributed by atoms with Gasteiger partial charge in [-0.2, -0.15) is 0 Å². The van der Waals surface area contributed by atoms with Crippen molar-refractivity contribution in [3.05, 3.63) is 0 Å². The molecule has 2 N–H and O–H groups in total. The summed E-state index contributed by atoms with van der Waals surface area (Å²) in [5.41, 5.74) is 5.27. The maximum Gasteiger partial charge on any atom is 0.123 e. The van der Waals surface area contributed by atoms with Gasteiger partial charge >= 0.3 is 0 Å². The number of hydrogen-bond acceptors (Lipinski definition) is 2. The van der Waals surface area contributed by atoms with Gasteiger partial charge in [-0.05, 0) is 25.8 Å². The molecule has 0 aliphatic carbocycles. The van der Waals surface area contributed by atoms with E-state index in [0.29, 0.717) is 6.54 Å². The zero-order valence-corrected chi connectivity index (χ0v) is 5.97. The van der Waals surface area contributed by atoms with Crippen LogP contribution in [0.4, 0.5) is 0 Å². The predicted octanol–water partition coefficient (Wildman–Crippen LogP) is 0.950. The third kappa shape index (κ3) is 4.15. The minimum atomic E-state index is 0.244. The summed E-state index contributed by atoms with van der Waals surface area (Å²) < 4.78 is 0. The molecule has 54 valence electrons. The highest BCUT2D eigenvalue weighted by atomic mass is 16.1. The predicted molar refractivity (Wildman–Crippen MR) is 38.1 cm³/mol. The minimum Gasteiger partial charge on any atom is -0.330 e. The molecular formula is C7H15NO. The van der Waals surface area contributed by atoms with Crippen molar-refractivity contribution in [3.63, 3.8) is 0 Å². The fourth-order valence-electron chi connectivity index (χ4n) is 0.748. The van der Waals surface area contributed by atoms with Gasteiger partial charge < -0.3 is 10.5 Å². The number of aldehydes is 1. The average Bonchev–Trinajstić information content (AvgIpc) is 1.91. The lowest BCUT2D eigenvalue weighted by Gasteiger charge is -2.03. The molecule has 0 aromatic heterocycles. The summed E-state index contributed by atoms with van der Waals surface area (Å²) in [5, 5.41) is 0. The lowest BCUT2D eigenvalue weighted by atomic mass is 10.0. The summed E-state index contributed by atoms with van der Waals surface area (Å²) in [4.78, 5) is 10.2. The van der Waals surface area contributed by atoms with Crippen LogP contribution in [0.25, 0.3) is 0 Å². The van der Waals surface area contributed by atoms with Crippen molar-refractivity contribution in [2.45, 2.75) is 26.2 Å². The lowest BCUT2D eigenvalue weighted by Crippen LogP contribution is -2.05. The molecule has 0 bridgehead atoms. The number of rotatable bonds is 5. The van der Waals surface area contributed by atoms with Gasteiger partial charge in [0.2, 0.25) is 0 Å². The summed E-state index contributed by atoms with van der Waals surface area (Å²) in [6.45, 7) is 2.72. The van der Waals surface area contributed by atoms with Crippen molar-refractivity contribution >= 4 is 6.29 Å². The largest absolute Gasteiger partial charge is 0.330 e. The Morgan fingerprint density at radius 2 is 2.33 bits per heavy atom. The van der Waals surface area contributed by atoms with Crippen molar-refractivity contribution in [2.75, 3.05) is 6.54 Å². The average molecular weight is 129 g/mol. The van der Waals surface area contributed by atoms with Crippen LogP contribution in [0.15, 0.2) is 0 Å². The quantitative estimate of drug-likeness (QED) is 0.561. The smallest absolute Gasteiger partial charge is 0.123 e. The van der Waals surface area contributed by atoms with Crippen LogP contribution in [-0.4, -0.2) is 12.8 Å². The fourth-order valence-corrected chi connectivity index (χ4v) is 0.748. The van der Waals surface area contributed by atoms with E-state index in [9.17, 15) is 4.79 Å². The van der Waals surface area contributed by atoms with Crippen LogP contribution in [0.2, 0.25) is 0 Å². The molecular weight excluding hydrogens is 114 g/mol. The zero-order chi connectivity index (χ0) is 7.11. The first kappa shape index (κ1) is 8.63. The van der Waals surface area contributed by atoms with E-state index in [1.54, 1.807) is 0 Å². The topological polar surface area (TPSA) is 43.1 Å². The van der Waals surface area contributed by atoms with Gasteiger partial charge in [-0.15, -0.1) is 0 Å². The highest BCUT2D eigenvalue weighted by Crippen LogP contribution is 2.05. The Kier molecular flexibility index (Phi) is 5.52. The van der Waals surface area contributed by atoms with Gasteiger partial charge in [0.05, 0.1) is 0 Å². The Labute approximate surface area is 56.4 Å². The Hall–Kier alpha value is -0.370. The molecule has 0 radical (unpaired) electrons. The van der Waals surface area contributed by atoms with Gasteiger partial charge in [-0.3, -0.25) is 0 Å². The first-order valence-corrected chi connectivity index (χ1v) is 3.50. The zero-order valence-electron chi connectivity index (χ0n) is 5.97. The Balaban J connectivity index is 3.20. The normalized spacial score (nSPS) is 13.1. The molecule has 9 heavy (non-hydrogen) atoms. The van der Waals surface area contributed by atoms with Gasteiger partial charge in [0, 0.05) is 5.92 Å². The molecule has 0 heterocycles. The minimum absolute atomic E-state index is 0.244. The maximum absolute atomic E-state index is 10.2. The third-order valence-corrected chi connectivity index (χ3v) is 1.50. The number of carbonyl (C=O) groups is 1. The summed E-state index contributed by atoms with van der Waals surface area (Å²) in [6.07, 6.45) is 3.90. The molecule has 2 heteroatoms. The van der Waals surface area contributed by atoms with Gasteiger partial charge in [0.25, 0.3) is 0 Å². The van der Waals surface area contributed by atoms with Crippen LogP contribution >= 0.6 is 0 Å². The van der Waals surface area contributed by atoms with E-state index in [-0.39, 0.29) is 5.92 Å². The Morgan fingerprint density at radius 3 is 2.67 bits per heavy atom. The van der Waals surface area contributed by atoms with Gasteiger partial charge in [-0.25, -0.2) is 0 Å². The van der Waals surface area contributed by atoms with Crippen molar-refractivity contribution < 1.29 is 4.79 Å². The van der Waals surface area contributed by atoms with Crippen LogP contribution < -0.4 is 5.73 Å². The molecule has 0 rings (SSSR count). The van der Waals surface area contributed by atoms with E-state index in [4.69, 9.17) is 5.73 Å². The summed E-state index contributed by atoms with van der Waals surface area (Å²) in [6, 6.07) is 0. The molecule has 0 aromatic rings. The Morgan fingerprint density at radius 1 is 1.67 bits per heavy atom. The highest BCUT2D eigenvalue weighted by Gasteiger charge is 2.01. The monoisotopic (exact) mass is 129 g/mol. The molecule has 0 saturated carbocycles. The molecule has 0 aliphatic heterocycles. The van der Waals surface area contributed by atoms with Crippen LogP contribution in [0, 0.1) is 5.92 Å². The van der Waals surface area contributed by atoms with E-state index >= 15 is 0 Å². The van der Waals surface area contributed by atoms with Gasteiger partial charge in [-0.1, -0.05) is 6.92 Å². The van der Waals surface area contributed by atoms with Crippen molar-refractivity contribution in [2.24, 2.45) is 11.7 Å². The molecule has 1 atom stereocenters. The van der Waals surface area contributed by atoms with Gasteiger partial charge in [0.1, 0.15) is 6.29 Å². The van der Waals surface area contributed by atoms with E-state index in [1.807, 2.05) is 6.92 Å². The standard InChI is InChI=1S/C7H15NO/c1-2-7(6-9)4-3-5-8/h6-7H,2-5,8H2,1H3. The van der Waals surface area contributed by atoms with E-state index < -0.39 is 0 Å². The number of carbonyl (C=O) groups excluding carboxylic acids is 1. The Bertz CT molecular complexity index is 73.3. The second-order valence-corrected chi connectivity index (χ2v) is 2.24. The van der Waals surface area contributed by atoms with Crippen LogP contribution in [0.3, 0.4) is 0 Å². The van der Waals surface area contributed by atoms with Crippen molar-refractivity contribution in [1.29, 1.82) is 0 Å². The molecule has 0 amide bonds. The van der Waals surface area contributed by atoms with E-state index in [0.717, 1.165) is 25.5 Å². The molecule has 0 spiro atoms. The molecule has 0 aromatic carbocycles. The molecule has 1 unspecified atom stereocenters. The van der Waals surface area contributed by atoms with Crippen LogP contribution in [0.1, 0.15) is 26.2 Å². The molecule has 0 saturated heterocycles. The first-order valence-electron chi connectivity index (χ1n) is 3.50. The second kappa shape index (κ2) is 5.76. The summed E-state index contributed by atoms with van der Waals surface area (Å²) in [7, 11) is 0. The molecule has 0 aliphatic rings. The fraction of sp³-hybridized carbons (Fsp3) is 0.857. The highest BCUT2D eigenvalue weighted by molar-refractivity contribution is 5.53.